The molecular weight excluding hydrogens is 495 g/mol. The number of aryl methyl sites for hydroxylation is 1. The van der Waals surface area contributed by atoms with Gasteiger partial charge in [0.25, 0.3) is 5.91 Å². The van der Waals surface area contributed by atoms with Gasteiger partial charge in [-0.3, -0.25) is 9.59 Å². The van der Waals surface area contributed by atoms with E-state index in [4.69, 9.17) is 27.9 Å². The summed E-state index contributed by atoms with van der Waals surface area (Å²) in [7, 11) is 1.79. The molecule has 0 saturated heterocycles. The number of carbonyl (C=O) groups is 1. The minimum absolute atomic E-state index is 0.0622. The number of thiophene rings is 1. The average molecular weight is 517 g/mol. The quantitative estimate of drug-likeness (QED) is 0.342. The molecule has 0 spiro atoms. The van der Waals surface area contributed by atoms with Crippen LogP contribution in [0.25, 0.3) is 10.2 Å². The van der Waals surface area contributed by atoms with Gasteiger partial charge in [0.1, 0.15) is 16.5 Å². The van der Waals surface area contributed by atoms with Gasteiger partial charge in [-0.25, -0.2) is 0 Å². The molecule has 0 radical (unpaired) electrons. The Labute approximate surface area is 210 Å². The minimum atomic E-state index is -0.856. The Hall–Kier alpha value is -2.68. The third-order valence-corrected chi connectivity index (χ3v) is 7.09. The highest BCUT2D eigenvalue weighted by molar-refractivity contribution is 7.18. The number of hydrogen-bond donors (Lipinski definition) is 2. The summed E-state index contributed by atoms with van der Waals surface area (Å²) in [5.74, 6) is -0.440. The molecule has 0 aliphatic heterocycles. The van der Waals surface area contributed by atoms with Crippen molar-refractivity contribution in [3.63, 3.8) is 0 Å². The van der Waals surface area contributed by atoms with Crippen molar-refractivity contribution in [1.29, 1.82) is 0 Å². The maximum Gasteiger partial charge on any atom is 0.257 e. The molecule has 4 rings (SSSR count). The molecule has 1 amide bonds. The van der Waals surface area contributed by atoms with Crippen LogP contribution in [0.1, 0.15) is 32.5 Å². The van der Waals surface area contributed by atoms with Gasteiger partial charge in [0.15, 0.2) is 0 Å². The van der Waals surface area contributed by atoms with Crippen LogP contribution in [0.2, 0.25) is 10.0 Å². The maximum absolute atomic E-state index is 13.0. The van der Waals surface area contributed by atoms with Gasteiger partial charge in [0.2, 0.25) is 5.43 Å². The number of carbonyl (C=O) groups excluding carboxylic acids is 1. The average Bonchev–Trinajstić information content (AvgIpc) is 3.26. The largest absolute Gasteiger partial charge is 0.386 e. The summed E-state index contributed by atoms with van der Waals surface area (Å²) in [5.41, 5.74) is 1.22. The van der Waals surface area contributed by atoms with Crippen LogP contribution in [0.5, 0.6) is 0 Å². The lowest BCUT2D eigenvalue weighted by Crippen LogP contribution is -2.29. The van der Waals surface area contributed by atoms with E-state index in [9.17, 15) is 14.7 Å². The molecule has 2 heterocycles. The molecule has 0 saturated carbocycles. The molecule has 0 aliphatic rings. The Morgan fingerprint density at radius 1 is 1.18 bits per heavy atom. The second-order valence-corrected chi connectivity index (χ2v) is 9.73. The highest BCUT2D eigenvalue weighted by Crippen LogP contribution is 2.26. The molecule has 2 aromatic carbocycles. The molecule has 4 aromatic rings. The van der Waals surface area contributed by atoms with E-state index in [1.165, 1.54) is 11.3 Å². The Balaban J connectivity index is 1.45. The van der Waals surface area contributed by atoms with Crippen LogP contribution in [-0.2, 0) is 24.9 Å². The molecular formula is C25H22Cl2N2O4S. The van der Waals surface area contributed by atoms with Gasteiger partial charge in [0.05, 0.1) is 18.6 Å². The normalized spacial score (nSPS) is 12.1. The first-order chi connectivity index (χ1) is 16.3. The summed E-state index contributed by atoms with van der Waals surface area (Å²) in [6.45, 7) is 0.568. The highest BCUT2D eigenvalue weighted by Gasteiger charge is 2.17. The van der Waals surface area contributed by atoms with E-state index in [-0.39, 0.29) is 30.8 Å². The van der Waals surface area contributed by atoms with E-state index in [0.29, 0.717) is 21.0 Å². The van der Waals surface area contributed by atoms with Crippen LogP contribution in [0, 0.1) is 0 Å². The third-order valence-electron chi connectivity index (χ3n) is 5.29. The van der Waals surface area contributed by atoms with Crippen molar-refractivity contribution in [1.82, 2.24) is 9.88 Å². The number of pyridine rings is 1. The van der Waals surface area contributed by atoms with Crippen molar-refractivity contribution in [2.24, 2.45) is 7.05 Å². The zero-order valence-electron chi connectivity index (χ0n) is 18.3. The summed E-state index contributed by atoms with van der Waals surface area (Å²) in [5, 5.41) is 14.7. The van der Waals surface area contributed by atoms with Crippen LogP contribution in [0.4, 0.5) is 0 Å². The van der Waals surface area contributed by atoms with Crippen LogP contribution in [-0.4, -0.2) is 22.2 Å². The standard InChI is InChI=1S/C25H22Cl2N2O4S/c1-29-12-20(24(32)28-11-15-6-8-16(26)9-7-15)23(31)19-10-17(34-25(19)29)13-33-14-22(30)18-4-2-3-5-21(18)27/h2-10,12,22,30H,11,13-14H2,1H3,(H,28,32)/t22-/m1/s1. The van der Waals surface area contributed by atoms with Crippen LogP contribution in [0.3, 0.4) is 0 Å². The molecule has 9 heteroatoms. The zero-order chi connectivity index (χ0) is 24.2. The van der Waals surface area contributed by atoms with Crippen molar-refractivity contribution in [2.75, 3.05) is 6.61 Å². The van der Waals surface area contributed by atoms with E-state index < -0.39 is 12.0 Å². The molecule has 2 aromatic heterocycles. The fraction of sp³-hybridized carbons (Fsp3) is 0.200. The number of benzene rings is 2. The predicted molar refractivity (Wildman–Crippen MR) is 136 cm³/mol. The lowest BCUT2D eigenvalue weighted by molar-refractivity contribution is 0.0288. The van der Waals surface area contributed by atoms with Crippen molar-refractivity contribution in [2.45, 2.75) is 19.3 Å². The van der Waals surface area contributed by atoms with Gasteiger partial charge < -0.3 is 19.7 Å². The van der Waals surface area contributed by atoms with Crippen LogP contribution >= 0.6 is 34.5 Å². The number of nitrogens with one attached hydrogen (secondary N) is 1. The summed E-state index contributed by atoms with van der Waals surface area (Å²) in [6, 6.07) is 15.9. The van der Waals surface area contributed by atoms with Crippen molar-refractivity contribution in [3.8, 4) is 0 Å². The fourth-order valence-electron chi connectivity index (χ4n) is 3.53. The first kappa shape index (κ1) is 24.4. The van der Waals surface area contributed by atoms with Gasteiger partial charge >= 0.3 is 0 Å². The lowest BCUT2D eigenvalue weighted by Gasteiger charge is -2.12. The maximum atomic E-state index is 13.0. The van der Waals surface area contributed by atoms with Crippen molar-refractivity contribution >= 4 is 50.7 Å². The predicted octanol–water partition coefficient (Wildman–Crippen LogP) is 5.09. The molecule has 6 nitrogen and oxygen atoms in total. The molecule has 0 aliphatic carbocycles. The summed E-state index contributed by atoms with van der Waals surface area (Å²) < 4.78 is 7.44. The number of nitrogens with zero attached hydrogens (tertiary/aromatic N) is 1. The SMILES string of the molecule is Cn1cc(C(=O)NCc2ccc(Cl)cc2)c(=O)c2cc(COC[C@@H](O)c3ccccc3Cl)sc21. The van der Waals surface area contributed by atoms with E-state index in [2.05, 4.69) is 5.32 Å². The first-order valence-corrected chi connectivity index (χ1v) is 12.1. The summed E-state index contributed by atoms with van der Waals surface area (Å²) in [4.78, 5) is 27.3. The monoisotopic (exact) mass is 516 g/mol. The molecule has 176 valence electrons. The van der Waals surface area contributed by atoms with E-state index in [1.54, 1.807) is 60.3 Å². The molecule has 0 unspecified atom stereocenters. The molecule has 0 bridgehead atoms. The highest BCUT2D eigenvalue weighted by atomic mass is 35.5. The number of aliphatic hydroxyl groups is 1. The third kappa shape index (κ3) is 5.51. The van der Waals surface area contributed by atoms with Gasteiger partial charge in [-0.1, -0.05) is 53.5 Å². The van der Waals surface area contributed by atoms with Gasteiger partial charge in [-0.2, -0.15) is 0 Å². The number of halogens is 2. The second kappa shape index (κ2) is 10.7. The van der Waals surface area contributed by atoms with E-state index in [0.717, 1.165) is 15.3 Å². The van der Waals surface area contributed by atoms with E-state index >= 15 is 0 Å². The van der Waals surface area contributed by atoms with Crippen LogP contribution < -0.4 is 10.7 Å². The lowest BCUT2D eigenvalue weighted by atomic mass is 10.1. The van der Waals surface area contributed by atoms with Gasteiger partial charge in [-0.05, 0) is 29.8 Å². The van der Waals surface area contributed by atoms with Gasteiger partial charge in [-0.15, -0.1) is 11.3 Å². The Bertz CT molecular complexity index is 1380. The molecule has 1 atom stereocenters. The number of fused-ring (bicyclic) bond motifs is 1. The number of aromatic nitrogens is 1. The van der Waals surface area contributed by atoms with Crippen LogP contribution in [0.15, 0.2) is 65.6 Å². The number of hydrogen-bond acceptors (Lipinski definition) is 5. The topological polar surface area (TPSA) is 80.6 Å². The zero-order valence-corrected chi connectivity index (χ0v) is 20.6. The molecule has 0 fully saturated rings. The number of aliphatic hydroxyl groups excluding tert-OH is 1. The second-order valence-electron chi connectivity index (χ2n) is 7.78. The van der Waals surface area contributed by atoms with Gasteiger partial charge in [0, 0.05) is 40.3 Å². The minimum Gasteiger partial charge on any atom is -0.386 e. The van der Waals surface area contributed by atoms with Crippen molar-refractivity contribution in [3.05, 3.63) is 103 Å². The molecule has 2 N–H and O–H groups in total. The Morgan fingerprint density at radius 2 is 1.91 bits per heavy atom. The van der Waals surface area contributed by atoms with E-state index in [1.807, 2.05) is 12.1 Å². The Kier molecular flexibility index (Phi) is 7.70. The fourth-order valence-corrected chi connectivity index (χ4v) is 4.94. The number of rotatable bonds is 8. The smallest absolute Gasteiger partial charge is 0.257 e. The summed E-state index contributed by atoms with van der Waals surface area (Å²) in [6.07, 6.45) is 0.689. The number of amides is 1. The number of ether oxygens (including phenoxy) is 1. The molecule has 34 heavy (non-hydrogen) atoms. The first-order valence-electron chi connectivity index (χ1n) is 10.5. The Morgan fingerprint density at radius 3 is 2.65 bits per heavy atom. The van der Waals surface area contributed by atoms with Crippen molar-refractivity contribution < 1.29 is 14.6 Å². The summed E-state index contributed by atoms with van der Waals surface area (Å²) >= 11 is 13.4.